The van der Waals surface area contributed by atoms with Gasteiger partial charge in [-0.2, -0.15) is 15.0 Å². The van der Waals surface area contributed by atoms with E-state index in [2.05, 4.69) is 19.7 Å². The van der Waals surface area contributed by atoms with E-state index in [1.807, 2.05) is 30.3 Å². The molecule has 0 spiro atoms. The van der Waals surface area contributed by atoms with Crippen LogP contribution in [0.3, 0.4) is 0 Å². The van der Waals surface area contributed by atoms with Crippen LogP contribution in [0.2, 0.25) is 0 Å². The zero-order valence-electron chi connectivity index (χ0n) is 15.4. The molecule has 1 aromatic carbocycles. The molecule has 11 heteroatoms. The number of benzene rings is 1. The average Bonchev–Trinajstić information content (AvgIpc) is 3.30. The van der Waals surface area contributed by atoms with Gasteiger partial charge in [-0.1, -0.05) is 18.2 Å². The zero-order valence-corrected chi connectivity index (χ0v) is 17.0. The van der Waals surface area contributed by atoms with E-state index in [1.54, 1.807) is 6.92 Å². The van der Waals surface area contributed by atoms with Crippen LogP contribution in [0.15, 0.2) is 39.9 Å². The Hall–Kier alpha value is -2.76. The van der Waals surface area contributed by atoms with E-state index < -0.39 is 16.0 Å². The van der Waals surface area contributed by atoms with Crippen LogP contribution in [0.4, 0.5) is 0 Å². The molecule has 0 amide bonds. The standard InChI is InChI=1S/C17H18N4O5S2/c1-11-14(20-21(19-11)12-7-5-4-6-8-12)9-18-28(23,24)17-15(25-2)13(10-27-17)16(22)26-3/h4-8,10,18H,9H2,1-3H3. The number of para-hydroxylation sites is 1. The van der Waals surface area contributed by atoms with Crippen molar-refractivity contribution < 1.29 is 22.7 Å². The molecule has 3 rings (SSSR count). The molecule has 1 N–H and O–H groups in total. The molecule has 0 saturated carbocycles. The molecule has 0 fully saturated rings. The van der Waals surface area contributed by atoms with Crippen molar-refractivity contribution in [2.75, 3.05) is 14.2 Å². The Morgan fingerprint density at radius 2 is 1.93 bits per heavy atom. The summed E-state index contributed by atoms with van der Waals surface area (Å²) in [5, 5.41) is 10.0. The fraction of sp³-hybridized carbons (Fsp3) is 0.235. The van der Waals surface area contributed by atoms with E-state index in [9.17, 15) is 13.2 Å². The van der Waals surface area contributed by atoms with Gasteiger partial charge >= 0.3 is 5.97 Å². The normalized spacial score (nSPS) is 11.4. The Balaban J connectivity index is 1.82. The van der Waals surface area contributed by atoms with Crippen LogP contribution < -0.4 is 9.46 Å². The predicted octanol–water partition coefficient (Wildman–Crippen LogP) is 1.91. The first kappa shape index (κ1) is 20.0. The minimum atomic E-state index is -3.94. The third kappa shape index (κ3) is 3.91. The van der Waals surface area contributed by atoms with Crippen molar-refractivity contribution in [3.8, 4) is 11.4 Å². The van der Waals surface area contributed by atoms with E-state index in [1.165, 1.54) is 24.4 Å². The number of nitrogens with one attached hydrogen (secondary N) is 1. The highest BCUT2D eigenvalue weighted by molar-refractivity contribution is 7.91. The number of aryl methyl sites for hydroxylation is 1. The number of carbonyl (C=O) groups is 1. The monoisotopic (exact) mass is 422 g/mol. The van der Waals surface area contributed by atoms with Crippen LogP contribution in [0.1, 0.15) is 21.7 Å². The van der Waals surface area contributed by atoms with Gasteiger partial charge in [0.2, 0.25) is 0 Å². The lowest BCUT2D eigenvalue weighted by Gasteiger charge is -2.07. The van der Waals surface area contributed by atoms with Gasteiger partial charge in [-0.3, -0.25) is 0 Å². The maximum absolute atomic E-state index is 12.7. The number of hydrogen-bond donors (Lipinski definition) is 1. The van der Waals surface area contributed by atoms with Crippen LogP contribution in [0, 0.1) is 6.92 Å². The minimum Gasteiger partial charge on any atom is -0.494 e. The Morgan fingerprint density at radius 3 is 2.57 bits per heavy atom. The van der Waals surface area contributed by atoms with Crippen molar-refractivity contribution >= 4 is 27.3 Å². The molecular weight excluding hydrogens is 404 g/mol. The van der Waals surface area contributed by atoms with Gasteiger partial charge < -0.3 is 9.47 Å². The fourth-order valence-corrected chi connectivity index (χ4v) is 4.89. The second-order valence-corrected chi connectivity index (χ2v) is 8.49. The first-order valence-electron chi connectivity index (χ1n) is 8.09. The predicted molar refractivity (Wildman–Crippen MR) is 102 cm³/mol. The topological polar surface area (TPSA) is 112 Å². The van der Waals surface area contributed by atoms with E-state index in [0.29, 0.717) is 11.4 Å². The zero-order chi connectivity index (χ0) is 20.3. The summed E-state index contributed by atoms with van der Waals surface area (Å²) < 4.78 is 37.6. The quantitative estimate of drug-likeness (QED) is 0.579. The Bertz CT molecular complexity index is 1090. The smallest absolute Gasteiger partial charge is 0.342 e. The van der Waals surface area contributed by atoms with Gasteiger partial charge in [-0.15, -0.1) is 11.3 Å². The summed E-state index contributed by atoms with van der Waals surface area (Å²) in [5.41, 5.74) is 1.90. The largest absolute Gasteiger partial charge is 0.494 e. The molecule has 0 aliphatic rings. The molecule has 0 saturated heterocycles. The lowest BCUT2D eigenvalue weighted by molar-refractivity contribution is 0.0597. The summed E-state index contributed by atoms with van der Waals surface area (Å²) in [7, 11) is -1.43. The Kier molecular flexibility index (Phi) is 5.77. The molecule has 148 valence electrons. The van der Waals surface area contributed by atoms with Gasteiger partial charge in [0.1, 0.15) is 11.3 Å². The van der Waals surface area contributed by atoms with Crippen LogP contribution >= 0.6 is 11.3 Å². The lowest BCUT2D eigenvalue weighted by Crippen LogP contribution is -2.23. The van der Waals surface area contributed by atoms with Crippen LogP contribution in [0.25, 0.3) is 5.69 Å². The summed E-state index contributed by atoms with van der Waals surface area (Å²) >= 11 is 0.875. The van der Waals surface area contributed by atoms with Gasteiger partial charge in [0.05, 0.1) is 32.1 Å². The van der Waals surface area contributed by atoms with Crippen molar-refractivity contribution in [2.45, 2.75) is 17.7 Å². The number of esters is 1. The van der Waals surface area contributed by atoms with Crippen molar-refractivity contribution in [3.05, 3.63) is 52.7 Å². The van der Waals surface area contributed by atoms with Crippen molar-refractivity contribution in [1.82, 2.24) is 19.7 Å². The molecular formula is C17H18N4O5S2. The van der Waals surface area contributed by atoms with E-state index >= 15 is 0 Å². The summed E-state index contributed by atoms with van der Waals surface area (Å²) in [5.74, 6) is -0.717. The van der Waals surface area contributed by atoms with Crippen LogP contribution in [0.5, 0.6) is 5.75 Å². The van der Waals surface area contributed by atoms with Gasteiger partial charge in [0.25, 0.3) is 10.0 Å². The van der Waals surface area contributed by atoms with Crippen LogP contribution in [-0.4, -0.2) is 43.6 Å². The summed E-state index contributed by atoms with van der Waals surface area (Å²) in [6, 6.07) is 9.29. The third-order valence-corrected chi connectivity index (χ3v) is 6.76. The Labute approximate surface area is 166 Å². The first-order chi connectivity index (χ1) is 13.4. The minimum absolute atomic E-state index is 0.0472. The number of aromatic nitrogens is 3. The van der Waals surface area contributed by atoms with E-state index in [-0.39, 0.29) is 22.1 Å². The number of carbonyl (C=O) groups excluding carboxylic acids is 1. The van der Waals surface area contributed by atoms with Gasteiger partial charge in [0, 0.05) is 5.38 Å². The summed E-state index contributed by atoms with van der Waals surface area (Å²) in [6.45, 7) is 1.69. The first-order valence-corrected chi connectivity index (χ1v) is 10.5. The molecule has 0 aliphatic heterocycles. The highest BCUT2D eigenvalue weighted by Gasteiger charge is 2.28. The molecule has 0 aliphatic carbocycles. The number of sulfonamides is 1. The number of rotatable bonds is 7. The van der Waals surface area contributed by atoms with Crippen molar-refractivity contribution in [3.63, 3.8) is 0 Å². The Morgan fingerprint density at radius 1 is 1.21 bits per heavy atom. The molecule has 0 unspecified atom stereocenters. The number of methoxy groups -OCH3 is 2. The van der Waals surface area contributed by atoms with Gasteiger partial charge in [-0.05, 0) is 19.1 Å². The molecule has 28 heavy (non-hydrogen) atoms. The maximum atomic E-state index is 12.7. The third-order valence-electron chi connectivity index (χ3n) is 3.86. The fourth-order valence-electron chi connectivity index (χ4n) is 2.44. The lowest BCUT2D eigenvalue weighted by atomic mass is 10.3. The highest BCUT2D eigenvalue weighted by atomic mass is 32.2. The molecule has 0 radical (unpaired) electrons. The molecule has 0 bridgehead atoms. The van der Waals surface area contributed by atoms with Gasteiger partial charge in [-0.25, -0.2) is 17.9 Å². The molecule has 2 heterocycles. The number of nitrogens with zero attached hydrogens (tertiary/aromatic N) is 3. The van der Waals surface area contributed by atoms with E-state index in [0.717, 1.165) is 17.0 Å². The van der Waals surface area contributed by atoms with Crippen molar-refractivity contribution in [2.24, 2.45) is 0 Å². The van der Waals surface area contributed by atoms with E-state index in [4.69, 9.17) is 4.74 Å². The average molecular weight is 422 g/mol. The number of hydrogen-bond acceptors (Lipinski definition) is 8. The van der Waals surface area contributed by atoms with Crippen LogP contribution in [-0.2, 0) is 21.3 Å². The molecule has 3 aromatic rings. The molecule has 2 aromatic heterocycles. The SMILES string of the molecule is COC(=O)c1csc(S(=O)(=O)NCc2nn(-c3ccccc3)nc2C)c1OC. The number of thiophene rings is 1. The summed E-state index contributed by atoms with van der Waals surface area (Å²) in [4.78, 5) is 13.2. The number of ether oxygens (including phenoxy) is 2. The second-order valence-electron chi connectivity index (χ2n) is 5.64. The maximum Gasteiger partial charge on any atom is 0.342 e. The van der Waals surface area contributed by atoms with Crippen molar-refractivity contribution in [1.29, 1.82) is 0 Å². The second kappa shape index (κ2) is 8.09. The molecule has 0 atom stereocenters. The van der Waals surface area contributed by atoms with Gasteiger partial charge in [0.15, 0.2) is 9.96 Å². The highest BCUT2D eigenvalue weighted by Crippen LogP contribution is 2.35. The molecule has 9 nitrogen and oxygen atoms in total. The summed E-state index contributed by atoms with van der Waals surface area (Å²) in [6.07, 6.45) is 0.